The van der Waals surface area contributed by atoms with E-state index in [1.165, 1.54) is 6.26 Å². The number of hydrogen-bond acceptors (Lipinski definition) is 6. The highest BCUT2D eigenvalue weighted by molar-refractivity contribution is 5.94. The van der Waals surface area contributed by atoms with E-state index in [9.17, 15) is 9.59 Å². The molecule has 2 N–H and O–H groups in total. The van der Waals surface area contributed by atoms with E-state index in [4.69, 9.17) is 4.42 Å². The van der Waals surface area contributed by atoms with E-state index in [1.54, 1.807) is 49.1 Å². The molecule has 2 aromatic rings. The molecule has 0 bridgehead atoms. The number of pyridine rings is 1. The Morgan fingerprint density at radius 1 is 1.04 bits per heavy atom. The highest BCUT2D eigenvalue weighted by atomic mass is 16.3. The number of nitrogens with zero attached hydrogens (tertiary/aromatic N) is 3. The number of amides is 2. The van der Waals surface area contributed by atoms with Gasteiger partial charge in [0.05, 0.1) is 6.26 Å². The second-order valence-electron chi connectivity index (χ2n) is 4.65. The third-order valence-corrected chi connectivity index (χ3v) is 2.87. The number of carbonyl (C=O) groups excluding carboxylic acids is 2. The van der Waals surface area contributed by atoms with E-state index >= 15 is 0 Å². The van der Waals surface area contributed by atoms with Crippen LogP contribution in [0.5, 0.6) is 0 Å². The molecule has 0 fully saturated rings. The Labute approximate surface area is 138 Å². The number of furan rings is 1. The molecule has 0 radical (unpaired) electrons. The van der Waals surface area contributed by atoms with Crippen molar-refractivity contribution in [3.8, 4) is 0 Å². The Kier molecular flexibility index (Phi) is 6.88. The van der Waals surface area contributed by atoms with Crippen molar-refractivity contribution in [1.82, 2.24) is 15.8 Å². The molecule has 0 aliphatic carbocycles. The van der Waals surface area contributed by atoms with Gasteiger partial charge in [-0.25, -0.2) is 10.9 Å². The van der Waals surface area contributed by atoms with E-state index in [1.807, 2.05) is 0 Å². The fourth-order valence-electron chi connectivity index (χ4n) is 1.67. The van der Waals surface area contributed by atoms with Gasteiger partial charge in [-0.15, -0.1) is 0 Å². The SMILES string of the molecule is O=C(N/N=C/CCC/C=N/NC(=O)c1ccco1)c1ccncc1. The van der Waals surface area contributed by atoms with Gasteiger partial charge in [0.2, 0.25) is 0 Å². The molecule has 0 unspecified atom stereocenters. The van der Waals surface area contributed by atoms with Gasteiger partial charge < -0.3 is 4.42 Å². The Morgan fingerprint density at radius 3 is 2.33 bits per heavy atom. The summed E-state index contributed by atoms with van der Waals surface area (Å²) in [5, 5.41) is 7.66. The maximum absolute atomic E-state index is 11.7. The van der Waals surface area contributed by atoms with Gasteiger partial charge in [0.25, 0.3) is 5.91 Å². The molecule has 2 rings (SSSR count). The molecular formula is C16H17N5O3. The Balaban J connectivity index is 1.55. The van der Waals surface area contributed by atoms with E-state index in [-0.39, 0.29) is 11.7 Å². The molecule has 8 nitrogen and oxygen atoms in total. The first-order valence-corrected chi connectivity index (χ1v) is 7.34. The number of hydrazone groups is 2. The van der Waals surface area contributed by atoms with Crippen LogP contribution in [0.1, 0.15) is 40.2 Å². The summed E-state index contributed by atoms with van der Waals surface area (Å²) in [5.41, 5.74) is 5.30. The van der Waals surface area contributed by atoms with Crippen LogP contribution in [0.2, 0.25) is 0 Å². The zero-order valence-electron chi connectivity index (χ0n) is 12.9. The molecule has 2 amide bonds. The summed E-state index contributed by atoms with van der Waals surface area (Å²) in [5.74, 6) is -0.461. The topological polar surface area (TPSA) is 109 Å². The molecule has 0 spiro atoms. The lowest BCUT2D eigenvalue weighted by Crippen LogP contribution is -2.17. The first-order chi connectivity index (χ1) is 11.8. The maximum atomic E-state index is 11.7. The summed E-state index contributed by atoms with van der Waals surface area (Å²) < 4.78 is 4.93. The van der Waals surface area contributed by atoms with Crippen molar-refractivity contribution >= 4 is 24.2 Å². The van der Waals surface area contributed by atoms with Crippen molar-refractivity contribution in [2.24, 2.45) is 10.2 Å². The Hall–Kier alpha value is -3.29. The van der Waals surface area contributed by atoms with Crippen molar-refractivity contribution in [2.75, 3.05) is 0 Å². The maximum Gasteiger partial charge on any atom is 0.307 e. The summed E-state index contributed by atoms with van der Waals surface area (Å²) in [6.45, 7) is 0. The summed E-state index contributed by atoms with van der Waals surface area (Å²) >= 11 is 0. The molecule has 124 valence electrons. The second kappa shape index (κ2) is 9.67. The number of hydrogen-bond donors (Lipinski definition) is 2. The number of nitrogens with one attached hydrogen (secondary N) is 2. The van der Waals surface area contributed by atoms with Crippen molar-refractivity contribution < 1.29 is 14.0 Å². The van der Waals surface area contributed by atoms with Crippen LogP contribution in [0.25, 0.3) is 0 Å². The monoisotopic (exact) mass is 327 g/mol. The minimum atomic E-state index is -0.392. The van der Waals surface area contributed by atoms with Crippen molar-refractivity contribution in [3.63, 3.8) is 0 Å². The van der Waals surface area contributed by atoms with Crippen LogP contribution in [0.4, 0.5) is 0 Å². The molecule has 2 heterocycles. The van der Waals surface area contributed by atoms with E-state index in [0.717, 1.165) is 6.42 Å². The van der Waals surface area contributed by atoms with E-state index in [2.05, 4.69) is 26.0 Å². The number of rotatable bonds is 8. The van der Waals surface area contributed by atoms with E-state index in [0.29, 0.717) is 18.4 Å². The largest absolute Gasteiger partial charge is 0.459 e. The molecule has 0 saturated carbocycles. The zero-order chi connectivity index (χ0) is 17.0. The second-order valence-corrected chi connectivity index (χ2v) is 4.65. The summed E-state index contributed by atoms with van der Waals surface area (Å²) in [7, 11) is 0. The van der Waals surface area contributed by atoms with Crippen LogP contribution in [-0.4, -0.2) is 29.2 Å². The molecule has 0 aromatic carbocycles. The van der Waals surface area contributed by atoms with Crippen LogP contribution in [-0.2, 0) is 0 Å². The van der Waals surface area contributed by atoms with Gasteiger partial charge in [-0.2, -0.15) is 10.2 Å². The molecule has 24 heavy (non-hydrogen) atoms. The summed E-state index contributed by atoms with van der Waals surface area (Å²) in [4.78, 5) is 27.0. The third kappa shape index (κ3) is 5.84. The lowest BCUT2D eigenvalue weighted by Gasteiger charge is -1.98. The van der Waals surface area contributed by atoms with Gasteiger partial charge >= 0.3 is 5.91 Å². The van der Waals surface area contributed by atoms with Crippen LogP contribution < -0.4 is 10.9 Å². The van der Waals surface area contributed by atoms with Gasteiger partial charge in [0, 0.05) is 30.4 Å². The molecular weight excluding hydrogens is 310 g/mol. The standard InChI is InChI=1S/C16H17N5O3/c22-15(13-6-10-17-11-7-13)20-18-8-2-1-3-9-19-21-16(23)14-5-4-12-24-14/h4-12H,1-3H2,(H,20,22)(H,21,23)/b18-8+,19-9+. The average molecular weight is 327 g/mol. The zero-order valence-corrected chi connectivity index (χ0v) is 12.9. The highest BCUT2D eigenvalue weighted by Gasteiger charge is 2.05. The number of aromatic nitrogens is 1. The third-order valence-electron chi connectivity index (χ3n) is 2.87. The first kappa shape index (κ1) is 17.1. The summed E-state index contributed by atoms with van der Waals surface area (Å²) in [6, 6.07) is 6.41. The Morgan fingerprint density at radius 2 is 1.71 bits per heavy atom. The first-order valence-electron chi connectivity index (χ1n) is 7.34. The van der Waals surface area contributed by atoms with Crippen LogP contribution in [0.3, 0.4) is 0 Å². The average Bonchev–Trinajstić information content (AvgIpc) is 3.15. The quantitative estimate of drug-likeness (QED) is 0.439. The van der Waals surface area contributed by atoms with Crippen LogP contribution in [0, 0.1) is 0 Å². The van der Waals surface area contributed by atoms with Gasteiger partial charge in [-0.1, -0.05) is 0 Å². The molecule has 0 aliphatic rings. The molecule has 2 aromatic heterocycles. The molecule has 0 atom stereocenters. The van der Waals surface area contributed by atoms with Crippen molar-refractivity contribution in [3.05, 3.63) is 54.2 Å². The lowest BCUT2D eigenvalue weighted by atomic mass is 10.2. The fourth-order valence-corrected chi connectivity index (χ4v) is 1.67. The van der Waals surface area contributed by atoms with Crippen molar-refractivity contribution in [1.29, 1.82) is 0 Å². The predicted molar refractivity (Wildman–Crippen MR) is 88.7 cm³/mol. The molecule has 0 aliphatic heterocycles. The lowest BCUT2D eigenvalue weighted by molar-refractivity contribution is 0.0925. The normalized spacial score (nSPS) is 11.0. The van der Waals surface area contributed by atoms with Crippen molar-refractivity contribution in [2.45, 2.75) is 19.3 Å². The smallest absolute Gasteiger partial charge is 0.307 e. The van der Waals surface area contributed by atoms with Gasteiger partial charge in [0.15, 0.2) is 5.76 Å². The summed E-state index contributed by atoms with van der Waals surface area (Å²) in [6.07, 6.45) is 9.86. The predicted octanol–water partition coefficient (Wildman–Crippen LogP) is 1.98. The minimum absolute atomic E-state index is 0.212. The van der Waals surface area contributed by atoms with E-state index < -0.39 is 5.91 Å². The van der Waals surface area contributed by atoms with Gasteiger partial charge in [0.1, 0.15) is 0 Å². The molecule has 8 heteroatoms. The van der Waals surface area contributed by atoms with Crippen LogP contribution in [0.15, 0.2) is 57.5 Å². The van der Waals surface area contributed by atoms with Crippen LogP contribution >= 0.6 is 0 Å². The van der Waals surface area contributed by atoms with Gasteiger partial charge in [-0.05, 0) is 43.5 Å². The fraction of sp³-hybridized carbons (Fsp3) is 0.188. The minimum Gasteiger partial charge on any atom is -0.459 e. The number of unbranched alkanes of at least 4 members (excludes halogenated alkanes) is 2. The van der Waals surface area contributed by atoms with Gasteiger partial charge in [-0.3, -0.25) is 14.6 Å². The number of carbonyl (C=O) groups is 2. The molecule has 0 saturated heterocycles. The Bertz CT molecular complexity index is 696. The highest BCUT2D eigenvalue weighted by Crippen LogP contribution is 1.99.